The summed E-state index contributed by atoms with van der Waals surface area (Å²) in [4.78, 5) is 8.37. The molecule has 0 aliphatic rings. The van der Waals surface area contributed by atoms with Crippen LogP contribution >= 0.6 is 15.9 Å². The van der Waals surface area contributed by atoms with Crippen LogP contribution in [0.3, 0.4) is 0 Å². The lowest BCUT2D eigenvalue weighted by Crippen LogP contribution is -2.24. The molecule has 0 spiro atoms. The zero-order chi connectivity index (χ0) is 15.2. The molecule has 0 amide bonds. The molecule has 2 rings (SSSR count). The van der Waals surface area contributed by atoms with Crippen LogP contribution in [0.25, 0.3) is 0 Å². The highest BCUT2D eigenvalue weighted by atomic mass is 79.9. The summed E-state index contributed by atoms with van der Waals surface area (Å²) in [5.74, 6) is 0.527. The first-order chi connectivity index (χ1) is 10.2. The van der Waals surface area contributed by atoms with Gasteiger partial charge in [-0.15, -0.1) is 0 Å². The van der Waals surface area contributed by atoms with Gasteiger partial charge in [0.2, 0.25) is 5.88 Å². The molecule has 2 aromatic heterocycles. The number of rotatable bonds is 7. The Morgan fingerprint density at radius 1 is 1.38 bits per heavy atom. The summed E-state index contributed by atoms with van der Waals surface area (Å²) in [6.45, 7) is 1.25. The molecule has 1 unspecified atom stereocenters. The molecule has 21 heavy (non-hydrogen) atoms. The van der Waals surface area contributed by atoms with E-state index in [4.69, 9.17) is 9.47 Å². The highest BCUT2D eigenvalue weighted by molar-refractivity contribution is 9.10. The van der Waals surface area contributed by atoms with Crippen molar-refractivity contribution in [2.45, 2.75) is 12.6 Å². The number of hydrogen-bond donors (Lipinski definition) is 1. The van der Waals surface area contributed by atoms with E-state index in [-0.39, 0.29) is 6.04 Å². The largest absolute Gasteiger partial charge is 0.481 e. The molecule has 2 aromatic rings. The molecule has 114 valence electrons. The molecular weight excluding hydrogens is 338 g/mol. The van der Waals surface area contributed by atoms with Crippen molar-refractivity contribution in [2.75, 3.05) is 27.9 Å². The van der Waals surface area contributed by atoms with E-state index in [1.807, 2.05) is 11.7 Å². The Morgan fingerprint density at radius 2 is 2.19 bits per heavy atom. The van der Waals surface area contributed by atoms with Crippen LogP contribution in [0.5, 0.6) is 5.88 Å². The van der Waals surface area contributed by atoms with Gasteiger partial charge in [0.15, 0.2) is 0 Å². The second-order valence-electron chi connectivity index (χ2n) is 4.30. The number of ether oxygens (including phenoxy) is 2. The third kappa shape index (κ3) is 3.58. The zero-order valence-corrected chi connectivity index (χ0v) is 13.8. The fourth-order valence-corrected chi connectivity index (χ4v) is 2.59. The number of halogens is 1. The third-order valence-electron chi connectivity index (χ3n) is 3.07. The highest BCUT2D eigenvalue weighted by Crippen LogP contribution is 2.28. The van der Waals surface area contributed by atoms with Gasteiger partial charge in [-0.2, -0.15) is 5.10 Å². The first-order valence-electron chi connectivity index (χ1n) is 6.44. The molecule has 8 heteroatoms. The van der Waals surface area contributed by atoms with E-state index in [2.05, 4.69) is 36.3 Å². The van der Waals surface area contributed by atoms with Crippen molar-refractivity contribution in [3.63, 3.8) is 0 Å². The van der Waals surface area contributed by atoms with Gasteiger partial charge >= 0.3 is 0 Å². The summed E-state index contributed by atoms with van der Waals surface area (Å²) in [6.07, 6.45) is 3.26. The van der Waals surface area contributed by atoms with E-state index in [0.717, 1.165) is 15.9 Å². The smallest absolute Gasteiger partial charge is 0.216 e. The molecule has 0 bridgehead atoms. The van der Waals surface area contributed by atoms with Crippen molar-refractivity contribution < 1.29 is 9.47 Å². The van der Waals surface area contributed by atoms with Crippen LogP contribution in [0, 0.1) is 0 Å². The standard InChI is InChI=1S/C13H18BrN5O2/c1-15-12(10-6-11(21-3)17-8-16-10)13-9(14)7-18-19(13)4-5-20-2/h6-8,12,15H,4-5H2,1-3H3. The van der Waals surface area contributed by atoms with E-state index >= 15 is 0 Å². The minimum Gasteiger partial charge on any atom is -0.481 e. The predicted octanol–water partition coefficient (Wildman–Crippen LogP) is 1.40. The van der Waals surface area contributed by atoms with Gasteiger partial charge in [-0.05, 0) is 23.0 Å². The Morgan fingerprint density at radius 3 is 2.86 bits per heavy atom. The molecule has 0 aromatic carbocycles. The Labute approximate surface area is 131 Å². The van der Waals surface area contributed by atoms with Crippen molar-refractivity contribution in [1.29, 1.82) is 0 Å². The van der Waals surface area contributed by atoms with E-state index in [1.54, 1.807) is 26.5 Å². The molecule has 0 saturated heterocycles. The van der Waals surface area contributed by atoms with Gasteiger partial charge in [-0.1, -0.05) is 0 Å². The summed E-state index contributed by atoms with van der Waals surface area (Å²) in [7, 11) is 5.13. The topological polar surface area (TPSA) is 74.1 Å². The van der Waals surface area contributed by atoms with Gasteiger partial charge in [-0.25, -0.2) is 9.97 Å². The van der Waals surface area contributed by atoms with E-state index in [1.165, 1.54) is 6.33 Å². The van der Waals surface area contributed by atoms with Crippen molar-refractivity contribution in [1.82, 2.24) is 25.1 Å². The van der Waals surface area contributed by atoms with Crippen LogP contribution < -0.4 is 10.1 Å². The van der Waals surface area contributed by atoms with Crippen molar-refractivity contribution in [2.24, 2.45) is 0 Å². The number of nitrogens with zero attached hydrogens (tertiary/aromatic N) is 4. The van der Waals surface area contributed by atoms with Crippen LogP contribution in [0.15, 0.2) is 23.1 Å². The average molecular weight is 356 g/mol. The minimum atomic E-state index is -0.129. The maximum absolute atomic E-state index is 5.16. The maximum Gasteiger partial charge on any atom is 0.216 e. The third-order valence-corrected chi connectivity index (χ3v) is 3.68. The zero-order valence-electron chi connectivity index (χ0n) is 12.2. The number of nitrogens with one attached hydrogen (secondary N) is 1. The van der Waals surface area contributed by atoms with E-state index < -0.39 is 0 Å². The lowest BCUT2D eigenvalue weighted by atomic mass is 10.1. The lowest BCUT2D eigenvalue weighted by Gasteiger charge is -2.18. The van der Waals surface area contributed by atoms with E-state index in [9.17, 15) is 0 Å². The first-order valence-corrected chi connectivity index (χ1v) is 7.23. The number of aromatic nitrogens is 4. The molecule has 0 saturated carbocycles. The SMILES string of the molecule is CNC(c1cc(OC)ncn1)c1c(Br)cnn1CCOC. The van der Waals surface area contributed by atoms with Gasteiger partial charge in [0.25, 0.3) is 0 Å². The Kier molecular flexibility index (Phi) is 5.66. The minimum absolute atomic E-state index is 0.129. The van der Waals surface area contributed by atoms with Crippen LogP contribution in [0.1, 0.15) is 17.4 Å². The molecule has 2 heterocycles. The predicted molar refractivity (Wildman–Crippen MR) is 81.3 cm³/mol. The summed E-state index contributed by atoms with van der Waals surface area (Å²) in [6, 6.07) is 1.68. The van der Waals surface area contributed by atoms with Gasteiger partial charge in [0, 0.05) is 13.2 Å². The second kappa shape index (κ2) is 7.48. The monoisotopic (exact) mass is 355 g/mol. The maximum atomic E-state index is 5.16. The lowest BCUT2D eigenvalue weighted by molar-refractivity contribution is 0.182. The Balaban J connectivity index is 2.38. The molecule has 0 aliphatic carbocycles. The van der Waals surface area contributed by atoms with Gasteiger partial charge in [-0.3, -0.25) is 4.68 Å². The van der Waals surface area contributed by atoms with Gasteiger partial charge in [0.1, 0.15) is 6.33 Å². The molecule has 0 aliphatic heterocycles. The van der Waals surface area contributed by atoms with Gasteiger partial charge in [0.05, 0.1) is 48.4 Å². The first kappa shape index (κ1) is 15.9. The molecule has 0 radical (unpaired) electrons. The Hall–Kier alpha value is -1.51. The molecular formula is C13H18BrN5O2. The highest BCUT2D eigenvalue weighted by Gasteiger charge is 2.22. The summed E-state index contributed by atoms with van der Waals surface area (Å²) in [5, 5.41) is 7.62. The van der Waals surface area contributed by atoms with Gasteiger partial charge < -0.3 is 14.8 Å². The molecule has 1 N–H and O–H groups in total. The van der Waals surface area contributed by atoms with Crippen molar-refractivity contribution >= 4 is 15.9 Å². The average Bonchev–Trinajstić information content (AvgIpc) is 2.88. The molecule has 0 fully saturated rings. The molecule has 1 atom stereocenters. The normalized spacial score (nSPS) is 12.4. The van der Waals surface area contributed by atoms with Crippen LogP contribution in [0.4, 0.5) is 0 Å². The van der Waals surface area contributed by atoms with Crippen LogP contribution in [-0.2, 0) is 11.3 Å². The van der Waals surface area contributed by atoms with Crippen LogP contribution in [-0.4, -0.2) is 47.6 Å². The van der Waals surface area contributed by atoms with Crippen LogP contribution in [0.2, 0.25) is 0 Å². The number of hydrogen-bond acceptors (Lipinski definition) is 6. The fraction of sp³-hybridized carbons (Fsp3) is 0.462. The fourth-order valence-electron chi connectivity index (χ4n) is 2.06. The molecule has 7 nitrogen and oxygen atoms in total. The quantitative estimate of drug-likeness (QED) is 0.809. The summed E-state index contributed by atoms with van der Waals surface area (Å²) >= 11 is 3.54. The summed E-state index contributed by atoms with van der Waals surface area (Å²) < 4.78 is 13.1. The second-order valence-corrected chi connectivity index (χ2v) is 5.15. The van der Waals surface area contributed by atoms with Crippen molar-refractivity contribution in [3.8, 4) is 5.88 Å². The summed E-state index contributed by atoms with van der Waals surface area (Å²) in [5.41, 5.74) is 1.79. The Bertz CT molecular complexity index is 590. The van der Waals surface area contributed by atoms with Crippen molar-refractivity contribution in [3.05, 3.63) is 34.5 Å². The van der Waals surface area contributed by atoms with E-state index in [0.29, 0.717) is 19.0 Å². The number of methoxy groups -OCH3 is 2.